The second-order valence-corrected chi connectivity index (χ2v) is 4.48. The fourth-order valence-electron chi connectivity index (χ4n) is 1.64. The number of hydrogen-bond acceptors (Lipinski definition) is 2. The molecule has 2 rings (SSSR count). The van der Waals surface area contributed by atoms with Crippen molar-refractivity contribution in [1.29, 1.82) is 10.5 Å². The van der Waals surface area contributed by atoms with Crippen LogP contribution in [0.3, 0.4) is 0 Å². The van der Waals surface area contributed by atoms with E-state index < -0.39 is 0 Å². The number of nitrogens with zero attached hydrogens (tertiary/aromatic N) is 2. The first-order valence-corrected chi connectivity index (χ1v) is 5.64. The Hall–Kier alpha value is -1.45. The summed E-state index contributed by atoms with van der Waals surface area (Å²) in [5.74, 6) is 0. The molecule has 0 aromatic heterocycles. The predicted molar refractivity (Wildman–Crippen MR) is 68.2 cm³/mol. The van der Waals surface area contributed by atoms with Gasteiger partial charge in [0.05, 0.1) is 10.1 Å². The molecule has 0 spiro atoms. The van der Waals surface area contributed by atoms with Crippen LogP contribution in [0.2, 0.25) is 5.02 Å². The minimum Gasteiger partial charge on any atom is -0.192 e. The fraction of sp³-hybridized carbons (Fsp3) is 0. The Bertz CT molecular complexity index is 641. The molecule has 0 atom stereocenters. The standard InChI is InChI=1S/C12H3Cl3N2/c13-7-1-2-8-9(3-7)11(14)12(15)10(8)6(4-16)5-17/h1-3H. The van der Waals surface area contributed by atoms with Gasteiger partial charge in [-0.05, 0) is 17.7 Å². The Morgan fingerprint density at radius 3 is 2.18 bits per heavy atom. The van der Waals surface area contributed by atoms with E-state index in [1.165, 1.54) is 0 Å². The molecule has 0 saturated heterocycles. The average Bonchev–Trinajstić information content (AvgIpc) is 2.56. The highest BCUT2D eigenvalue weighted by Crippen LogP contribution is 2.47. The molecule has 0 heterocycles. The van der Waals surface area contributed by atoms with Gasteiger partial charge in [-0.3, -0.25) is 0 Å². The lowest BCUT2D eigenvalue weighted by Gasteiger charge is -2.02. The van der Waals surface area contributed by atoms with E-state index in [2.05, 4.69) is 0 Å². The summed E-state index contributed by atoms with van der Waals surface area (Å²) in [6.07, 6.45) is 0. The van der Waals surface area contributed by atoms with Crippen LogP contribution in [0.25, 0.3) is 10.6 Å². The summed E-state index contributed by atoms with van der Waals surface area (Å²) in [6, 6.07) is 8.62. The largest absolute Gasteiger partial charge is 0.192 e. The van der Waals surface area contributed by atoms with Crippen LogP contribution in [-0.4, -0.2) is 0 Å². The molecule has 0 aliphatic heterocycles. The van der Waals surface area contributed by atoms with E-state index in [-0.39, 0.29) is 10.6 Å². The third-order valence-corrected chi connectivity index (χ3v) is 3.48. The van der Waals surface area contributed by atoms with Crippen LogP contribution in [0.15, 0.2) is 28.8 Å². The van der Waals surface area contributed by atoms with E-state index >= 15 is 0 Å². The van der Waals surface area contributed by atoms with Crippen molar-refractivity contribution < 1.29 is 0 Å². The van der Waals surface area contributed by atoms with Gasteiger partial charge in [-0.25, -0.2) is 0 Å². The van der Waals surface area contributed by atoms with Crippen LogP contribution in [0, 0.1) is 22.7 Å². The average molecular weight is 282 g/mol. The van der Waals surface area contributed by atoms with Crippen molar-refractivity contribution in [3.8, 4) is 12.1 Å². The molecule has 1 aliphatic rings. The van der Waals surface area contributed by atoms with Gasteiger partial charge < -0.3 is 0 Å². The van der Waals surface area contributed by atoms with Crippen LogP contribution < -0.4 is 0 Å². The highest BCUT2D eigenvalue weighted by molar-refractivity contribution is 6.59. The van der Waals surface area contributed by atoms with Gasteiger partial charge in [-0.15, -0.1) is 0 Å². The molecule has 0 fully saturated rings. The molecule has 0 bridgehead atoms. The molecule has 82 valence electrons. The van der Waals surface area contributed by atoms with Crippen molar-refractivity contribution in [3.63, 3.8) is 0 Å². The molecular weight excluding hydrogens is 279 g/mol. The lowest BCUT2D eigenvalue weighted by molar-refractivity contribution is 1.46. The number of benzene rings is 1. The van der Waals surface area contributed by atoms with Crippen molar-refractivity contribution in [2.75, 3.05) is 0 Å². The first-order chi connectivity index (χ1) is 8.10. The summed E-state index contributed by atoms with van der Waals surface area (Å²) in [5, 5.41) is 18.8. The summed E-state index contributed by atoms with van der Waals surface area (Å²) in [5.41, 5.74) is 1.60. The highest BCUT2D eigenvalue weighted by Gasteiger charge is 2.27. The van der Waals surface area contributed by atoms with Crippen LogP contribution in [0.4, 0.5) is 0 Å². The van der Waals surface area contributed by atoms with Gasteiger partial charge in [-0.1, -0.05) is 40.9 Å². The molecule has 2 nitrogen and oxygen atoms in total. The van der Waals surface area contributed by atoms with E-state index in [0.717, 1.165) is 0 Å². The molecule has 5 heteroatoms. The zero-order valence-corrected chi connectivity index (χ0v) is 10.5. The zero-order valence-electron chi connectivity index (χ0n) is 8.26. The maximum atomic E-state index is 8.89. The van der Waals surface area contributed by atoms with Gasteiger partial charge in [0.15, 0.2) is 0 Å². The summed E-state index contributed by atoms with van der Waals surface area (Å²) in [7, 11) is 0. The van der Waals surface area contributed by atoms with Crippen molar-refractivity contribution in [3.05, 3.63) is 45.0 Å². The predicted octanol–water partition coefficient (Wildman–Crippen LogP) is 4.30. The zero-order chi connectivity index (χ0) is 12.6. The molecule has 1 aliphatic carbocycles. The Kier molecular flexibility index (Phi) is 3.13. The number of nitriles is 2. The molecule has 0 unspecified atom stereocenters. The van der Waals surface area contributed by atoms with Gasteiger partial charge >= 0.3 is 0 Å². The quantitative estimate of drug-likeness (QED) is 0.666. The van der Waals surface area contributed by atoms with E-state index in [1.807, 2.05) is 12.1 Å². The number of fused-ring (bicyclic) bond motifs is 1. The van der Waals surface area contributed by atoms with Crippen molar-refractivity contribution in [1.82, 2.24) is 0 Å². The van der Waals surface area contributed by atoms with E-state index in [9.17, 15) is 0 Å². The topological polar surface area (TPSA) is 47.6 Å². The Morgan fingerprint density at radius 2 is 1.59 bits per heavy atom. The SMILES string of the molecule is N#CC(C#N)=C1C(Cl)=C(Cl)c2cc(Cl)ccc21. The molecule has 0 radical (unpaired) electrons. The molecule has 17 heavy (non-hydrogen) atoms. The van der Waals surface area contributed by atoms with Gasteiger partial charge in [0.2, 0.25) is 0 Å². The normalized spacial score (nSPS) is 13.1. The third-order valence-electron chi connectivity index (χ3n) is 2.37. The molecule has 0 N–H and O–H groups in total. The maximum absolute atomic E-state index is 8.89. The summed E-state index contributed by atoms with van der Waals surface area (Å²) >= 11 is 18.0. The molecule has 1 aromatic rings. The van der Waals surface area contributed by atoms with E-state index in [4.69, 9.17) is 45.3 Å². The smallest absolute Gasteiger partial charge is 0.139 e. The third kappa shape index (κ3) is 1.81. The molecule has 0 amide bonds. The van der Waals surface area contributed by atoms with E-state index in [0.29, 0.717) is 26.8 Å². The van der Waals surface area contributed by atoms with Crippen LogP contribution in [-0.2, 0) is 0 Å². The number of halogens is 3. The first kappa shape index (κ1) is 12.0. The number of allylic oxidation sites excluding steroid dienone is 3. The second-order valence-electron chi connectivity index (χ2n) is 3.29. The second kappa shape index (κ2) is 4.43. The first-order valence-electron chi connectivity index (χ1n) is 4.50. The highest BCUT2D eigenvalue weighted by atomic mass is 35.5. The lowest BCUT2D eigenvalue weighted by Crippen LogP contribution is -1.86. The summed E-state index contributed by atoms with van der Waals surface area (Å²) in [4.78, 5) is 0. The number of hydrogen-bond donors (Lipinski definition) is 0. The monoisotopic (exact) mass is 280 g/mol. The Balaban J connectivity index is 2.84. The van der Waals surface area contributed by atoms with Gasteiger partial charge in [0, 0.05) is 16.2 Å². The Morgan fingerprint density at radius 1 is 0.941 bits per heavy atom. The van der Waals surface area contributed by atoms with Gasteiger partial charge in [0.25, 0.3) is 0 Å². The van der Waals surface area contributed by atoms with Crippen molar-refractivity contribution in [2.24, 2.45) is 0 Å². The minimum absolute atomic E-state index is 0.0609. The maximum Gasteiger partial charge on any atom is 0.139 e. The van der Waals surface area contributed by atoms with Gasteiger partial charge in [-0.2, -0.15) is 10.5 Å². The Labute approximate surface area is 113 Å². The van der Waals surface area contributed by atoms with Crippen LogP contribution in [0.5, 0.6) is 0 Å². The van der Waals surface area contributed by atoms with Crippen molar-refractivity contribution in [2.45, 2.75) is 0 Å². The molecule has 0 saturated carbocycles. The van der Waals surface area contributed by atoms with E-state index in [1.54, 1.807) is 18.2 Å². The minimum atomic E-state index is -0.0609. The lowest BCUT2D eigenvalue weighted by atomic mass is 10.0. The van der Waals surface area contributed by atoms with Gasteiger partial charge in [0.1, 0.15) is 17.7 Å². The molecular formula is C12H3Cl3N2. The summed E-state index contributed by atoms with van der Waals surface area (Å²) < 4.78 is 0. The number of rotatable bonds is 0. The van der Waals surface area contributed by atoms with Crippen molar-refractivity contribution >= 4 is 45.4 Å². The summed E-state index contributed by atoms with van der Waals surface area (Å²) in [6.45, 7) is 0. The fourth-order valence-corrected chi connectivity index (χ4v) is 2.36. The molecule has 1 aromatic carbocycles. The van der Waals surface area contributed by atoms with Crippen LogP contribution in [0.1, 0.15) is 11.1 Å². The van der Waals surface area contributed by atoms with Crippen LogP contribution >= 0.6 is 34.8 Å².